The second kappa shape index (κ2) is 22.5. The monoisotopic (exact) mass is 1060 g/mol. The van der Waals surface area contributed by atoms with E-state index in [0.29, 0.717) is 0 Å². The lowest BCUT2D eigenvalue weighted by molar-refractivity contribution is 1.09. The third-order valence-electron chi connectivity index (χ3n) is 17.5. The molecule has 13 rings (SSSR count). The molecule has 0 bridgehead atoms. The minimum Gasteiger partial charge on any atom is -0.0647 e. The molecule has 1 heteroatoms. The summed E-state index contributed by atoms with van der Waals surface area (Å²) in [5, 5.41) is 4.11. The van der Waals surface area contributed by atoms with Gasteiger partial charge in [0, 0.05) is 5.54 Å². The van der Waals surface area contributed by atoms with E-state index in [1.54, 1.807) is 0 Å². The fraction of sp³-hybridized carbons (Fsp3) is 0.0617. The van der Waals surface area contributed by atoms with Gasteiger partial charge in [-0.2, -0.15) is 0 Å². The van der Waals surface area contributed by atoms with Crippen LogP contribution in [-0.4, -0.2) is 8.07 Å². The summed E-state index contributed by atoms with van der Waals surface area (Å²) in [6.07, 6.45) is 0. The first-order chi connectivity index (χ1) is 40.4. The highest BCUT2D eigenvalue weighted by Gasteiger charge is 2.55. The first-order valence-electron chi connectivity index (χ1n) is 28.8. The molecule has 0 aromatic heterocycles. The summed E-state index contributed by atoms with van der Waals surface area (Å²) >= 11 is 0. The predicted octanol–water partition coefficient (Wildman–Crippen LogP) is 20.2. The summed E-state index contributed by atoms with van der Waals surface area (Å²) in [6, 6.07) is 117. The number of rotatable bonds is 13. The quantitative estimate of drug-likeness (QED) is 0.0797. The summed E-state index contributed by atoms with van der Waals surface area (Å²) in [6.45, 7) is 9.74. The SMILES string of the molecule is CC1=C(C)C([Si](c2cc(-c3ccccc3)cc(-c3ccccc3)c2-c2ccccc2)(c2cc(-c3ccccc3)cc(-c3ccccc3)c2-c2ccccc2)c2cc(-c3ccccc3)cc(-c3ccccc3)c2-c2ccccc2)C(C)=C1C. The van der Waals surface area contributed by atoms with Crippen molar-refractivity contribution in [3.05, 3.63) is 332 Å². The fourth-order valence-electron chi connectivity index (χ4n) is 13.4. The molecule has 1 aliphatic rings. The van der Waals surface area contributed by atoms with Crippen LogP contribution in [0, 0.1) is 0 Å². The van der Waals surface area contributed by atoms with Crippen molar-refractivity contribution in [1.82, 2.24) is 0 Å². The number of hydrogen-bond acceptors (Lipinski definition) is 0. The number of allylic oxidation sites excluding steroid dienone is 4. The molecule has 0 radical (unpaired) electrons. The molecule has 0 N–H and O–H groups in total. The Balaban J connectivity index is 1.41. The van der Waals surface area contributed by atoms with E-state index in [9.17, 15) is 0 Å². The molecule has 0 amide bonds. The molecule has 0 fully saturated rings. The van der Waals surface area contributed by atoms with Crippen LogP contribution in [-0.2, 0) is 0 Å². The lowest BCUT2D eigenvalue weighted by atomic mass is 9.90. The highest BCUT2D eigenvalue weighted by Crippen LogP contribution is 2.52. The Morgan fingerprint density at radius 2 is 0.402 bits per heavy atom. The molecule has 0 saturated heterocycles. The molecule has 1 aliphatic carbocycles. The Bertz CT molecular complexity index is 3850. The summed E-state index contributed by atoms with van der Waals surface area (Å²) in [4.78, 5) is 0. The van der Waals surface area contributed by atoms with Crippen LogP contribution in [0.2, 0.25) is 5.54 Å². The molecule has 0 aliphatic heterocycles. The minimum absolute atomic E-state index is 0.0705. The highest BCUT2D eigenvalue weighted by atomic mass is 28.3. The Labute approximate surface area is 485 Å². The van der Waals surface area contributed by atoms with Crippen LogP contribution >= 0.6 is 0 Å². The maximum atomic E-state index is 2.68. The Hall–Kier alpha value is -9.66. The van der Waals surface area contributed by atoms with Gasteiger partial charge in [0.05, 0.1) is 0 Å². The smallest absolute Gasteiger partial charge is 0.0647 e. The lowest BCUT2D eigenvalue weighted by Crippen LogP contribution is -2.71. The van der Waals surface area contributed by atoms with Gasteiger partial charge in [-0.15, -0.1) is 0 Å². The van der Waals surface area contributed by atoms with Gasteiger partial charge in [0.2, 0.25) is 0 Å². The van der Waals surface area contributed by atoms with E-state index in [1.165, 1.54) is 138 Å². The first-order valence-corrected chi connectivity index (χ1v) is 30.9. The first kappa shape index (κ1) is 51.8. The summed E-state index contributed by atoms with van der Waals surface area (Å²) in [5.74, 6) is 0. The Morgan fingerprint density at radius 3 is 0.622 bits per heavy atom. The van der Waals surface area contributed by atoms with E-state index < -0.39 is 8.07 Å². The summed E-state index contributed by atoms with van der Waals surface area (Å²) < 4.78 is 0. The molecular formula is C81H64Si. The molecule has 0 unspecified atom stereocenters. The molecule has 392 valence electrons. The second-order valence-electron chi connectivity index (χ2n) is 22.0. The van der Waals surface area contributed by atoms with Crippen molar-refractivity contribution in [3.8, 4) is 100 Å². The molecule has 0 spiro atoms. The van der Waals surface area contributed by atoms with Crippen LogP contribution < -0.4 is 15.6 Å². The van der Waals surface area contributed by atoms with Crippen molar-refractivity contribution in [2.45, 2.75) is 33.2 Å². The number of hydrogen-bond donors (Lipinski definition) is 0. The van der Waals surface area contributed by atoms with Crippen molar-refractivity contribution < 1.29 is 0 Å². The molecule has 0 nitrogen and oxygen atoms in total. The van der Waals surface area contributed by atoms with Gasteiger partial charge in [-0.05, 0) is 173 Å². The van der Waals surface area contributed by atoms with Crippen molar-refractivity contribution in [2.24, 2.45) is 0 Å². The van der Waals surface area contributed by atoms with Crippen LogP contribution in [0.25, 0.3) is 100 Å². The van der Waals surface area contributed by atoms with Crippen LogP contribution in [0.5, 0.6) is 0 Å². The van der Waals surface area contributed by atoms with Gasteiger partial charge < -0.3 is 0 Å². The maximum absolute atomic E-state index is 3.98. The minimum atomic E-state index is -3.98. The third kappa shape index (κ3) is 9.33. The topological polar surface area (TPSA) is 0 Å². The van der Waals surface area contributed by atoms with E-state index >= 15 is 0 Å². The van der Waals surface area contributed by atoms with E-state index in [0.717, 1.165) is 0 Å². The average Bonchev–Trinajstić information content (AvgIpc) is 3.76. The maximum Gasteiger partial charge on any atom is 0.161 e. The lowest BCUT2D eigenvalue weighted by Gasteiger charge is -2.46. The predicted molar refractivity (Wildman–Crippen MR) is 353 cm³/mol. The van der Waals surface area contributed by atoms with Crippen LogP contribution in [0.3, 0.4) is 0 Å². The summed E-state index contributed by atoms with van der Waals surface area (Å²) in [7, 11) is -3.98. The third-order valence-corrected chi connectivity index (χ3v) is 23.0. The molecule has 0 saturated carbocycles. The van der Waals surface area contributed by atoms with Crippen LogP contribution in [0.4, 0.5) is 0 Å². The largest absolute Gasteiger partial charge is 0.161 e. The zero-order chi connectivity index (χ0) is 55.6. The van der Waals surface area contributed by atoms with Crippen molar-refractivity contribution in [1.29, 1.82) is 0 Å². The standard InChI is InChI=1S/C81H64Si/c1-56-57(2)59(4)81(58(56)3)82(75-53-69(60-32-14-5-15-33-60)50-72(63-38-20-8-21-39-63)78(75)66-44-26-11-27-45-66,76-54-70(61-34-16-6-17-35-61)51-73(64-40-22-9-23-41-64)79(76)67-46-28-12-29-47-67)77-55-71(62-36-18-7-19-37-62)52-74(65-42-24-10-25-43-65)80(77)68-48-30-13-31-49-68/h5-55,81H,1-4H3. The van der Waals surface area contributed by atoms with E-state index in [-0.39, 0.29) is 5.54 Å². The normalized spacial score (nSPS) is 12.7. The Kier molecular flexibility index (Phi) is 14.2. The van der Waals surface area contributed by atoms with Gasteiger partial charge >= 0.3 is 0 Å². The van der Waals surface area contributed by atoms with Crippen molar-refractivity contribution in [2.75, 3.05) is 0 Å². The van der Waals surface area contributed by atoms with Gasteiger partial charge in [-0.25, -0.2) is 0 Å². The van der Waals surface area contributed by atoms with Gasteiger partial charge in [0.15, 0.2) is 8.07 Å². The molecule has 82 heavy (non-hydrogen) atoms. The average molecular weight is 1070 g/mol. The zero-order valence-corrected chi connectivity index (χ0v) is 48.0. The van der Waals surface area contributed by atoms with Gasteiger partial charge in [0.1, 0.15) is 0 Å². The van der Waals surface area contributed by atoms with Gasteiger partial charge in [-0.1, -0.05) is 302 Å². The van der Waals surface area contributed by atoms with Crippen LogP contribution in [0.15, 0.2) is 332 Å². The van der Waals surface area contributed by atoms with Crippen LogP contribution in [0.1, 0.15) is 27.7 Å². The fourth-order valence-corrected chi connectivity index (χ4v) is 20.1. The van der Waals surface area contributed by atoms with E-state index in [2.05, 4.69) is 337 Å². The molecule has 12 aromatic carbocycles. The second-order valence-corrected chi connectivity index (χ2v) is 25.8. The van der Waals surface area contributed by atoms with E-state index in [4.69, 9.17) is 0 Å². The number of benzene rings is 12. The van der Waals surface area contributed by atoms with Gasteiger partial charge in [0.25, 0.3) is 0 Å². The summed E-state index contributed by atoms with van der Waals surface area (Å²) in [5.41, 5.74) is 27.1. The van der Waals surface area contributed by atoms with E-state index in [1.807, 2.05) is 0 Å². The molecule has 0 heterocycles. The molecule has 0 atom stereocenters. The van der Waals surface area contributed by atoms with Crippen molar-refractivity contribution >= 4 is 23.6 Å². The highest BCUT2D eigenvalue weighted by molar-refractivity contribution is 7.15. The molecule has 12 aromatic rings. The zero-order valence-electron chi connectivity index (χ0n) is 47.0. The Morgan fingerprint density at radius 1 is 0.207 bits per heavy atom. The molecular weight excluding hydrogens is 1000 g/mol. The van der Waals surface area contributed by atoms with Crippen molar-refractivity contribution in [3.63, 3.8) is 0 Å². The van der Waals surface area contributed by atoms with Gasteiger partial charge in [-0.3, -0.25) is 0 Å².